The van der Waals surface area contributed by atoms with Crippen LogP contribution in [-0.4, -0.2) is 45.9 Å². The van der Waals surface area contributed by atoms with Gasteiger partial charge in [-0.15, -0.1) is 0 Å². The van der Waals surface area contributed by atoms with E-state index in [2.05, 4.69) is 15.3 Å². The van der Waals surface area contributed by atoms with Gasteiger partial charge < -0.3 is 14.8 Å². The molecule has 0 saturated heterocycles. The molecule has 0 aliphatic rings. The van der Waals surface area contributed by atoms with Gasteiger partial charge in [-0.3, -0.25) is 4.79 Å². The van der Waals surface area contributed by atoms with Crippen LogP contribution in [0.2, 0.25) is 0 Å². The molecule has 0 heterocycles. The number of hydrogen-bond donors (Lipinski definition) is 1. The van der Waals surface area contributed by atoms with Crippen LogP contribution < -0.4 is 5.32 Å². The Morgan fingerprint density at radius 1 is 1.53 bits per heavy atom. The van der Waals surface area contributed by atoms with Crippen LogP contribution in [0.1, 0.15) is 6.42 Å². The Hall–Kier alpha value is -1.30. The first kappa shape index (κ1) is 13.7. The third kappa shape index (κ3) is 10.6. The van der Waals surface area contributed by atoms with E-state index >= 15 is 0 Å². The van der Waals surface area contributed by atoms with Crippen LogP contribution in [0, 0.1) is 0 Å². The molecule has 0 rings (SSSR count). The standard InChI is InChI=1S/C8H16N4O3/c1-14-5-6-15-7-8(13)10-3-2-4-11-12-9/h2-7H2,1H3,(H,10,13). The van der Waals surface area contributed by atoms with Crippen molar-refractivity contribution in [2.45, 2.75) is 6.42 Å². The summed E-state index contributed by atoms with van der Waals surface area (Å²) in [5.41, 5.74) is 7.98. The number of azide groups is 1. The van der Waals surface area contributed by atoms with Crippen LogP contribution >= 0.6 is 0 Å². The summed E-state index contributed by atoms with van der Waals surface area (Å²) in [6, 6.07) is 0. The van der Waals surface area contributed by atoms with Crippen molar-refractivity contribution >= 4 is 5.91 Å². The Bertz CT molecular complexity index is 216. The smallest absolute Gasteiger partial charge is 0.245 e. The second kappa shape index (κ2) is 10.8. The van der Waals surface area contributed by atoms with E-state index in [1.54, 1.807) is 7.11 Å². The summed E-state index contributed by atoms with van der Waals surface area (Å²) >= 11 is 0. The second-order valence-electron chi connectivity index (χ2n) is 2.70. The zero-order chi connectivity index (χ0) is 11.4. The molecule has 86 valence electrons. The van der Waals surface area contributed by atoms with E-state index in [1.165, 1.54) is 0 Å². The van der Waals surface area contributed by atoms with Crippen molar-refractivity contribution in [2.75, 3.05) is 40.0 Å². The van der Waals surface area contributed by atoms with Crippen molar-refractivity contribution in [1.82, 2.24) is 5.32 Å². The molecule has 0 fully saturated rings. The van der Waals surface area contributed by atoms with Crippen LogP contribution in [0.4, 0.5) is 0 Å². The fourth-order valence-corrected chi connectivity index (χ4v) is 0.780. The van der Waals surface area contributed by atoms with Gasteiger partial charge in [-0.2, -0.15) is 0 Å². The minimum absolute atomic E-state index is 0.0326. The third-order valence-corrected chi connectivity index (χ3v) is 1.49. The first-order valence-electron chi connectivity index (χ1n) is 4.65. The molecule has 7 nitrogen and oxygen atoms in total. The molecule has 1 N–H and O–H groups in total. The first-order chi connectivity index (χ1) is 7.31. The highest BCUT2D eigenvalue weighted by atomic mass is 16.5. The van der Waals surface area contributed by atoms with Gasteiger partial charge in [0, 0.05) is 25.1 Å². The van der Waals surface area contributed by atoms with Gasteiger partial charge in [-0.05, 0) is 12.0 Å². The highest BCUT2D eigenvalue weighted by Crippen LogP contribution is 1.81. The lowest BCUT2D eigenvalue weighted by Gasteiger charge is -2.04. The van der Waals surface area contributed by atoms with Gasteiger partial charge in [0.1, 0.15) is 6.61 Å². The summed E-state index contributed by atoms with van der Waals surface area (Å²) in [4.78, 5) is 13.7. The Balaban J connectivity index is 3.22. The monoisotopic (exact) mass is 216 g/mol. The molecule has 0 aliphatic heterocycles. The predicted octanol–water partition coefficient (Wildman–Crippen LogP) is 0.466. The summed E-state index contributed by atoms with van der Waals surface area (Å²) in [6.07, 6.45) is 0.633. The molecule has 0 aromatic rings. The molecule has 0 bridgehead atoms. The first-order valence-corrected chi connectivity index (χ1v) is 4.65. The summed E-state index contributed by atoms with van der Waals surface area (Å²) < 4.78 is 9.74. The van der Waals surface area contributed by atoms with Crippen LogP contribution in [0.5, 0.6) is 0 Å². The molecule has 0 radical (unpaired) electrons. The maximum atomic E-state index is 11.1. The molecule has 1 amide bonds. The van der Waals surface area contributed by atoms with Gasteiger partial charge in [0.15, 0.2) is 0 Å². The van der Waals surface area contributed by atoms with Crippen molar-refractivity contribution in [3.8, 4) is 0 Å². The van der Waals surface area contributed by atoms with Crippen LogP contribution in [-0.2, 0) is 14.3 Å². The summed E-state index contributed by atoms with van der Waals surface area (Å²) in [5, 5.41) is 5.97. The fourth-order valence-electron chi connectivity index (χ4n) is 0.780. The Kier molecular flexibility index (Phi) is 9.84. The Labute approximate surface area is 88.4 Å². The maximum absolute atomic E-state index is 11.1. The Morgan fingerprint density at radius 2 is 2.33 bits per heavy atom. The highest BCUT2D eigenvalue weighted by Gasteiger charge is 1.99. The normalized spacial score (nSPS) is 9.40. The van der Waals surface area contributed by atoms with E-state index in [9.17, 15) is 4.79 Å². The van der Waals surface area contributed by atoms with Gasteiger partial charge in [0.25, 0.3) is 0 Å². The molecule has 0 saturated carbocycles. The second-order valence-corrected chi connectivity index (χ2v) is 2.70. The van der Waals surface area contributed by atoms with Gasteiger partial charge >= 0.3 is 0 Å². The highest BCUT2D eigenvalue weighted by molar-refractivity contribution is 5.77. The van der Waals surface area contributed by atoms with Crippen molar-refractivity contribution in [1.29, 1.82) is 0 Å². The number of ether oxygens (including phenoxy) is 2. The molecule has 7 heteroatoms. The van der Waals surface area contributed by atoms with Crippen molar-refractivity contribution in [3.63, 3.8) is 0 Å². The zero-order valence-electron chi connectivity index (χ0n) is 8.81. The average molecular weight is 216 g/mol. The van der Waals surface area contributed by atoms with E-state index < -0.39 is 0 Å². The number of hydrogen-bond acceptors (Lipinski definition) is 4. The van der Waals surface area contributed by atoms with E-state index in [4.69, 9.17) is 15.0 Å². The van der Waals surface area contributed by atoms with E-state index in [0.717, 1.165) is 0 Å². The molecule has 0 unspecified atom stereocenters. The molecule has 0 aromatic heterocycles. The van der Waals surface area contributed by atoms with Crippen LogP contribution in [0.15, 0.2) is 5.11 Å². The van der Waals surface area contributed by atoms with Crippen molar-refractivity contribution in [2.24, 2.45) is 5.11 Å². The number of nitrogens with one attached hydrogen (secondary N) is 1. The van der Waals surface area contributed by atoms with E-state index in [-0.39, 0.29) is 12.5 Å². The molecular weight excluding hydrogens is 200 g/mol. The molecule has 0 atom stereocenters. The van der Waals surface area contributed by atoms with Gasteiger partial charge in [0.05, 0.1) is 13.2 Å². The van der Waals surface area contributed by atoms with E-state index in [1.807, 2.05) is 0 Å². The lowest BCUT2D eigenvalue weighted by molar-refractivity contribution is -0.126. The van der Waals surface area contributed by atoms with Gasteiger partial charge in [-0.25, -0.2) is 0 Å². The van der Waals surface area contributed by atoms with E-state index in [0.29, 0.717) is 32.7 Å². The average Bonchev–Trinajstić information content (AvgIpc) is 2.24. The van der Waals surface area contributed by atoms with Gasteiger partial charge in [-0.1, -0.05) is 5.11 Å². The predicted molar refractivity (Wildman–Crippen MR) is 54.3 cm³/mol. The zero-order valence-corrected chi connectivity index (χ0v) is 8.81. The molecular formula is C8H16N4O3. The maximum Gasteiger partial charge on any atom is 0.245 e. The topological polar surface area (TPSA) is 96.3 Å². The summed E-state index contributed by atoms with van der Waals surface area (Å²) in [6.45, 7) is 1.80. The number of carbonyl (C=O) groups is 1. The summed E-state index contributed by atoms with van der Waals surface area (Å²) in [5.74, 6) is -0.174. The number of nitrogens with zero attached hydrogens (tertiary/aromatic N) is 3. The van der Waals surface area contributed by atoms with Crippen LogP contribution in [0.25, 0.3) is 10.4 Å². The number of rotatable bonds is 9. The fraction of sp³-hybridized carbons (Fsp3) is 0.875. The molecule has 0 aromatic carbocycles. The lowest BCUT2D eigenvalue weighted by atomic mass is 10.4. The Morgan fingerprint density at radius 3 is 3.00 bits per heavy atom. The SMILES string of the molecule is COCCOCC(=O)NCCCN=[N+]=[N-]. The van der Waals surface area contributed by atoms with Gasteiger partial charge in [0.2, 0.25) is 5.91 Å². The minimum atomic E-state index is -0.174. The quantitative estimate of drug-likeness (QED) is 0.262. The number of amides is 1. The molecule has 0 aliphatic carbocycles. The number of methoxy groups -OCH3 is 1. The minimum Gasteiger partial charge on any atom is -0.382 e. The number of carbonyl (C=O) groups excluding carboxylic acids is 1. The van der Waals surface area contributed by atoms with Crippen molar-refractivity contribution in [3.05, 3.63) is 10.4 Å². The van der Waals surface area contributed by atoms with Crippen LogP contribution in [0.3, 0.4) is 0 Å². The summed E-state index contributed by atoms with van der Waals surface area (Å²) in [7, 11) is 1.57. The lowest BCUT2D eigenvalue weighted by Crippen LogP contribution is -2.29. The largest absolute Gasteiger partial charge is 0.382 e. The molecule has 15 heavy (non-hydrogen) atoms. The third-order valence-electron chi connectivity index (χ3n) is 1.49. The van der Waals surface area contributed by atoms with Crippen molar-refractivity contribution < 1.29 is 14.3 Å². The molecule has 0 spiro atoms.